The van der Waals surface area contributed by atoms with Gasteiger partial charge in [-0.25, -0.2) is 0 Å². The maximum atomic E-state index is 11.7. The molecule has 1 amide bonds. The molecule has 1 fully saturated rings. The summed E-state index contributed by atoms with van der Waals surface area (Å²) in [5, 5.41) is 3.24. The van der Waals surface area contributed by atoms with Gasteiger partial charge in [-0.3, -0.25) is 4.79 Å². The fraction of sp³-hybridized carbons (Fsp3) is 0.917. The predicted octanol–water partition coefficient (Wildman–Crippen LogP) is 0.426. The zero-order valence-electron chi connectivity index (χ0n) is 10.8. The molecule has 0 aliphatic carbocycles. The number of carbonyl (C=O) groups excluding carboxylic acids is 1. The van der Waals surface area contributed by atoms with Crippen molar-refractivity contribution in [3.63, 3.8) is 0 Å². The van der Waals surface area contributed by atoms with Crippen molar-refractivity contribution >= 4 is 5.91 Å². The van der Waals surface area contributed by atoms with Crippen LogP contribution in [0.1, 0.15) is 32.6 Å². The van der Waals surface area contributed by atoms with E-state index >= 15 is 0 Å². The lowest BCUT2D eigenvalue weighted by atomic mass is 9.84. The van der Waals surface area contributed by atoms with Crippen LogP contribution in [0.5, 0.6) is 0 Å². The van der Waals surface area contributed by atoms with Crippen LogP contribution in [-0.2, 0) is 14.3 Å². The maximum Gasteiger partial charge on any atom is 0.237 e. The van der Waals surface area contributed by atoms with E-state index in [1.165, 1.54) is 0 Å². The van der Waals surface area contributed by atoms with Gasteiger partial charge in [-0.15, -0.1) is 0 Å². The van der Waals surface area contributed by atoms with Gasteiger partial charge < -0.3 is 20.5 Å². The third-order valence-electron chi connectivity index (χ3n) is 3.31. The van der Waals surface area contributed by atoms with Gasteiger partial charge in [-0.2, -0.15) is 0 Å². The van der Waals surface area contributed by atoms with Gasteiger partial charge in [0.15, 0.2) is 0 Å². The molecule has 1 heterocycles. The van der Waals surface area contributed by atoms with Crippen LogP contribution in [0.3, 0.4) is 0 Å². The van der Waals surface area contributed by atoms with Gasteiger partial charge >= 0.3 is 0 Å². The molecule has 5 heteroatoms. The minimum Gasteiger partial charge on any atom is -0.383 e. The fourth-order valence-corrected chi connectivity index (χ4v) is 2.32. The van der Waals surface area contributed by atoms with E-state index in [9.17, 15) is 4.79 Å². The molecule has 1 aliphatic heterocycles. The van der Waals surface area contributed by atoms with Crippen LogP contribution in [-0.4, -0.2) is 44.4 Å². The van der Waals surface area contributed by atoms with E-state index in [2.05, 4.69) is 12.2 Å². The van der Waals surface area contributed by atoms with Gasteiger partial charge in [0.05, 0.1) is 12.7 Å². The van der Waals surface area contributed by atoms with Crippen LogP contribution in [0.25, 0.3) is 0 Å². The highest BCUT2D eigenvalue weighted by Gasteiger charge is 2.41. The van der Waals surface area contributed by atoms with Crippen molar-refractivity contribution in [2.24, 2.45) is 5.73 Å². The summed E-state index contributed by atoms with van der Waals surface area (Å²) < 4.78 is 10.6. The molecule has 0 aromatic rings. The van der Waals surface area contributed by atoms with Gasteiger partial charge in [-0.05, 0) is 12.8 Å². The van der Waals surface area contributed by atoms with Crippen LogP contribution in [0.4, 0.5) is 0 Å². The van der Waals surface area contributed by atoms with Crippen molar-refractivity contribution in [3.8, 4) is 0 Å². The van der Waals surface area contributed by atoms with Crippen LogP contribution in [0, 0.1) is 0 Å². The normalized spacial score (nSPS) is 29.2. The lowest BCUT2D eigenvalue weighted by Crippen LogP contribution is -2.60. The number of methoxy groups -OCH3 is 1. The predicted molar refractivity (Wildman–Crippen MR) is 65.7 cm³/mol. The van der Waals surface area contributed by atoms with E-state index in [1.807, 2.05) is 0 Å². The van der Waals surface area contributed by atoms with Crippen molar-refractivity contribution in [1.29, 1.82) is 0 Å². The highest BCUT2D eigenvalue weighted by atomic mass is 16.5. The number of nitrogens with two attached hydrogens (primary N) is 1. The fourth-order valence-electron chi connectivity index (χ4n) is 2.32. The molecule has 1 saturated heterocycles. The third-order valence-corrected chi connectivity index (χ3v) is 3.31. The molecule has 17 heavy (non-hydrogen) atoms. The molecule has 0 aromatic heterocycles. The largest absolute Gasteiger partial charge is 0.383 e. The smallest absolute Gasteiger partial charge is 0.237 e. The first-order chi connectivity index (χ1) is 8.14. The minimum absolute atomic E-state index is 0.135. The zero-order chi connectivity index (χ0) is 12.7. The standard InChI is InChI=1S/C12H24N2O3/c1-3-4-10-9-12(11(13)15,5-7-17-10)14-6-8-16-2/h10,14H,3-9H2,1-2H3,(H2,13,15). The second-order valence-electron chi connectivity index (χ2n) is 4.60. The second kappa shape index (κ2) is 6.93. The minimum atomic E-state index is -0.614. The number of amides is 1. The van der Waals surface area contributed by atoms with Crippen molar-refractivity contribution in [2.75, 3.05) is 26.9 Å². The third kappa shape index (κ3) is 3.94. The summed E-state index contributed by atoms with van der Waals surface area (Å²) >= 11 is 0. The lowest BCUT2D eigenvalue weighted by molar-refractivity contribution is -0.131. The van der Waals surface area contributed by atoms with E-state index in [-0.39, 0.29) is 12.0 Å². The van der Waals surface area contributed by atoms with Crippen molar-refractivity contribution in [3.05, 3.63) is 0 Å². The summed E-state index contributed by atoms with van der Waals surface area (Å²) in [7, 11) is 1.64. The molecule has 0 aromatic carbocycles. The maximum absolute atomic E-state index is 11.7. The number of hydrogen-bond donors (Lipinski definition) is 2. The molecule has 3 N–H and O–H groups in total. The Balaban J connectivity index is 2.59. The first-order valence-electron chi connectivity index (χ1n) is 6.30. The molecule has 5 nitrogen and oxygen atoms in total. The lowest BCUT2D eigenvalue weighted by Gasteiger charge is -2.39. The molecule has 1 aliphatic rings. The van der Waals surface area contributed by atoms with Crippen LogP contribution >= 0.6 is 0 Å². The molecule has 0 saturated carbocycles. The number of hydrogen-bond acceptors (Lipinski definition) is 4. The Hall–Kier alpha value is -0.650. The quantitative estimate of drug-likeness (QED) is 0.637. The van der Waals surface area contributed by atoms with E-state index < -0.39 is 5.54 Å². The zero-order valence-corrected chi connectivity index (χ0v) is 10.8. The van der Waals surface area contributed by atoms with Crippen molar-refractivity contribution in [1.82, 2.24) is 5.32 Å². The molecule has 100 valence electrons. The Morgan fingerprint density at radius 3 is 3.00 bits per heavy atom. The summed E-state index contributed by atoms with van der Waals surface area (Å²) in [6, 6.07) is 0. The summed E-state index contributed by atoms with van der Waals surface area (Å²) in [6.45, 7) is 3.92. The van der Waals surface area contributed by atoms with Crippen LogP contribution in [0.2, 0.25) is 0 Å². The Labute approximate surface area is 103 Å². The summed E-state index contributed by atoms with van der Waals surface area (Å²) in [5.41, 5.74) is 4.93. The average molecular weight is 244 g/mol. The number of nitrogens with one attached hydrogen (secondary N) is 1. The van der Waals surface area contributed by atoms with E-state index in [4.69, 9.17) is 15.2 Å². The van der Waals surface area contributed by atoms with Crippen LogP contribution < -0.4 is 11.1 Å². The number of carbonyl (C=O) groups is 1. The molecule has 0 bridgehead atoms. The molecule has 2 unspecified atom stereocenters. The topological polar surface area (TPSA) is 73.6 Å². The molecule has 0 radical (unpaired) electrons. The number of ether oxygens (including phenoxy) is 2. The van der Waals surface area contributed by atoms with Gasteiger partial charge in [0, 0.05) is 26.7 Å². The van der Waals surface area contributed by atoms with E-state index in [0.29, 0.717) is 32.6 Å². The van der Waals surface area contributed by atoms with Gasteiger partial charge in [0.25, 0.3) is 0 Å². The average Bonchev–Trinajstić information content (AvgIpc) is 2.30. The molecular weight excluding hydrogens is 220 g/mol. The molecule has 2 atom stereocenters. The Kier molecular flexibility index (Phi) is 5.88. The number of primary amides is 1. The summed E-state index contributed by atoms with van der Waals surface area (Å²) in [4.78, 5) is 11.7. The summed E-state index contributed by atoms with van der Waals surface area (Å²) in [5.74, 6) is -0.280. The van der Waals surface area contributed by atoms with Crippen molar-refractivity contribution in [2.45, 2.75) is 44.2 Å². The highest BCUT2D eigenvalue weighted by molar-refractivity contribution is 5.84. The molecule has 1 rings (SSSR count). The SMILES string of the molecule is CCCC1CC(NCCOC)(C(N)=O)CCO1. The van der Waals surface area contributed by atoms with E-state index in [0.717, 1.165) is 12.8 Å². The first kappa shape index (κ1) is 14.4. The monoisotopic (exact) mass is 244 g/mol. The van der Waals surface area contributed by atoms with Crippen LogP contribution in [0.15, 0.2) is 0 Å². The Morgan fingerprint density at radius 2 is 2.41 bits per heavy atom. The molecular formula is C12H24N2O3. The van der Waals surface area contributed by atoms with E-state index in [1.54, 1.807) is 7.11 Å². The van der Waals surface area contributed by atoms with Gasteiger partial charge in [-0.1, -0.05) is 13.3 Å². The second-order valence-corrected chi connectivity index (χ2v) is 4.60. The van der Waals surface area contributed by atoms with Crippen molar-refractivity contribution < 1.29 is 14.3 Å². The highest BCUT2D eigenvalue weighted by Crippen LogP contribution is 2.27. The number of rotatable bonds is 7. The van der Waals surface area contributed by atoms with Gasteiger partial charge in [0.2, 0.25) is 5.91 Å². The molecule has 0 spiro atoms. The summed E-state index contributed by atoms with van der Waals surface area (Å²) in [6.07, 6.45) is 3.47. The van der Waals surface area contributed by atoms with Gasteiger partial charge in [0.1, 0.15) is 5.54 Å². The Morgan fingerprint density at radius 1 is 1.65 bits per heavy atom. The first-order valence-corrected chi connectivity index (χ1v) is 6.30. The Bertz CT molecular complexity index is 246.